The van der Waals surface area contributed by atoms with Crippen LogP contribution in [0.5, 0.6) is 0 Å². The predicted octanol–water partition coefficient (Wildman–Crippen LogP) is 4.72. The molecule has 2 aromatic carbocycles. The second kappa shape index (κ2) is 11.9. The number of nitrogens with zero attached hydrogens (tertiary/aromatic N) is 2. The third-order valence-electron chi connectivity index (χ3n) is 6.22. The Bertz CT molecular complexity index is 1530. The summed E-state index contributed by atoms with van der Waals surface area (Å²) in [7, 11) is 1.68. The van der Waals surface area contributed by atoms with Crippen LogP contribution in [0.15, 0.2) is 63.0 Å². The van der Waals surface area contributed by atoms with E-state index < -0.39 is 23.8 Å². The van der Waals surface area contributed by atoms with Crippen LogP contribution in [0.1, 0.15) is 23.6 Å². The summed E-state index contributed by atoms with van der Waals surface area (Å²) in [6.07, 6.45) is 2.80. The summed E-state index contributed by atoms with van der Waals surface area (Å²) in [6, 6.07) is 16.0. The maximum Gasteiger partial charge on any atom is 0.332 e. The first kappa shape index (κ1) is 26.9. The molecule has 4 aromatic rings. The van der Waals surface area contributed by atoms with Gasteiger partial charge in [0.15, 0.2) is 0 Å². The number of carbonyl (C=O) groups excluding carboxylic acids is 1. The summed E-state index contributed by atoms with van der Waals surface area (Å²) in [4.78, 5) is 42.1. The fraction of sp³-hybridized carbons (Fsp3) is 0.321. The molecule has 0 saturated heterocycles. The highest BCUT2D eigenvalue weighted by Crippen LogP contribution is 2.37. The lowest BCUT2D eigenvalue weighted by molar-refractivity contribution is -0.143. The number of methoxy groups -OCH3 is 1. The van der Waals surface area contributed by atoms with Crippen molar-refractivity contribution in [2.75, 3.05) is 26.6 Å². The molecule has 0 N–H and O–H groups in total. The fourth-order valence-electron chi connectivity index (χ4n) is 4.33. The molecular weight excluding hydrogens is 508 g/mol. The molecule has 2 heterocycles. The molecule has 9 heteroatoms. The minimum absolute atomic E-state index is 0.174. The van der Waals surface area contributed by atoms with E-state index in [4.69, 9.17) is 9.47 Å². The number of hydrogen-bond donors (Lipinski definition) is 0. The zero-order valence-electron chi connectivity index (χ0n) is 21.4. The van der Waals surface area contributed by atoms with Crippen LogP contribution in [0.25, 0.3) is 20.7 Å². The van der Waals surface area contributed by atoms with Gasteiger partial charge in [0, 0.05) is 16.9 Å². The molecule has 0 aliphatic heterocycles. The summed E-state index contributed by atoms with van der Waals surface area (Å²) in [6.45, 7) is 4.26. The van der Waals surface area contributed by atoms with Gasteiger partial charge < -0.3 is 9.47 Å². The van der Waals surface area contributed by atoms with E-state index in [-0.39, 0.29) is 13.2 Å². The van der Waals surface area contributed by atoms with Crippen molar-refractivity contribution in [2.45, 2.75) is 38.3 Å². The maximum absolute atomic E-state index is 13.7. The van der Waals surface area contributed by atoms with Crippen molar-refractivity contribution < 1.29 is 14.3 Å². The van der Waals surface area contributed by atoms with Gasteiger partial charge >= 0.3 is 11.7 Å². The average Bonchev–Trinajstić information content (AvgIpc) is 3.25. The Balaban J connectivity index is 1.92. The van der Waals surface area contributed by atoms with E-state index in [1.807, 2.05) is 49.6 Å². The Kier molecular flexibility index (Phi) is 8.68. The predicted molar refractivity (Wildman–Crippen MR) is 150 cm³/mol. The van der Waals surface area contributed by atoms with Gasteiger partial charge in [-0.1, -0.05) is 42.5 Å². The first-order valence-electron chi connectivity index (χ1n) is 12.0. The van der Waals surface area contributed by atoms with Gasteiger partial charge in [-0.15, -0.1) is 23.1 Å². The summed E-state index contributed by atoms with van der Waals surface area (Å²) < 4.78 is 12.8. The Morgan fingerprint density at radius 3 is 2.46 bits per heavy atom. The normalized spacial score (nSPS) is 11.2. The summed E-state index contributed by atoms with van der Waals surface area (Å²) in [5.74, 6) is -0.614. The summed E-state index contributed by atoms with van der Waals surface area (Å²) in [5, 5.41) is 0.453. The molecule has 0 aliphatic rings. The van der Waals surface area contributed by atoms with Crippen LogP contribution in [0.4, 0.5) is 0 Å². The van der Waals surface area contributed by atoms with E-state index in [1.165, 1.54) is 11.3 Å². The summed E-state index contributed by atoms with van der Waals surface area (Å²) >= 11 is 3.03. The molecule has 0 aliphatic carbocycles. The number of fused-ring (bicyclic) bond motifs is 1. The van der Waals surface area contributed by atoms with Crippen LogP contribution < -0.4 is 11.2 Å². The first-order valence-corrected chi connectivity index (χ1v) is 14.1. The standard InChI is InChI=1S/C28H30N2O5S2/c1-5-35-23(31)17-29-26(32)24-18(2)25(20-12-10-19(11-13-20)14-15-34-3)37-27(24)30(28(29)33)16-21-8-6-7-9-22(21)36-4/h6-13H,5,14-17H2,1-4H3. The van der Waals surface area contributed by atoms with Gasteiger partial charge in [-0.3, -0.25) is 14.2 Å². The summed E-state index contributed by atoms with van der Waals surface area (Å²) in [5.41, 5.74) is 2.89. The van der Waals surface area contributed by atoms with E-state index >= 15 is 0 Å². The SMILES string of the molecule is CCOC(=O)Cn1c(=O)c2c(C)c(-c3ccc(CCOC)cc3)sc2n(Cc2ccccc2SC)c1=O. The number of benzene rings is 2. The number of aryl methyl sites for hydroxylation is 1. The highest BCUT2D eigenvalue weighted by molar-refractivity contribution is 7.98. The molecule has 0 spiro atoms. The lowest BCUT2D eigenvalue weighted by Gasteiger charge is -2.13. The van der Waals surface area contributed by atoms with E-state index in [2.05, 4.69) is 12.1 Å². The minimum atomic E-state index is -0.614. The van der Waals surface area contributed by atoms with Crippen molar-refractivity contribution in [3.05, 3.63) is 86.1 Å². The third-order valence-corrected chi connectivity index (χ3v) is 8.42. The van der Waals surface area contributed by atoms with Gasteiger partial charge in [-0.05, 0) is 54.8 Å². The van der Waals surface area contributed by atoms with Gasteiger partial charge in [0.1, 0.15) is 11.4 Å². The van der Waals surface area contributed by atoms with Crippen molar-refractivity contribution in [1.29, 1.82) is 0 Å². The number of carbonyl (C=O) groups is 1. The molecule has 0 amide bonds. The van der Waals surface area contributed by atoms with E-state index in [0.717, 1.165) is 43.0 Å². The van der Waals surface area contributed by atoms with Crippen LogP contribution >= 0.6 is 23.1 Å². The zero-order chi connectivity index (χ0) is 26.5. The Morgan fingerprint density at radius 2 is 1.78 bits per heavy atom. The van der Waals surface area contributed by atoms with Crippen molar-refractivity contribution in [1.82, 2.24) is 9.13 Å². The first-order chi connectivity index (χ1) is 17.9. The largest absolute Gasteiger partial charge is 0.465 e. The van der Waals surface area contributed by atoms with Gasteiger partial charge in [0.2, 0.25) is 0 Å². The van der Waals surface area contributed by atoms with Gasteiger partial charge in [-0.25, -0.2) is 9.36 Å². The highest BCUT2D eigenvalue weighted by Gasteiger charge is 2.22. The number of thiophene rings is 1. The Labute approximate surface area is 223 Å². The quantitative estimate of drug-likeness (QED) is 0.215. The molecule has 7 nitrogen and oxygen atoms in total. The van der Waals surface area contributed by atoms with Crippen molar-refractivity contribution in [2.24, 2.45) is 0 Å². The van der Waals surface area contributed by atoms with E-state index in [9.17, 15) is 14.4 Å². The van der Waals surface area contributed by atoms with Gasteiger partial charge in [0.25, 0.3) is 5.56 Å². The van der Waals surface area contributed by atoms with Crippen LogP contribution in [-0.4, -0.2) is 41.7 Å². The average molecular weight is 539 g/mol. The molecule has 194 valence electrons. The molecule has 0 fully saturated rings. The minimum Gasteiger partial charge on any atom is -0.465 e. The van der Waals surface area contributed by atoms with E-state index in [1.54, 1.807) is 30.4 Å². The molecule has 0 atom stereocenters. The van der Waals surface area contributed by atoms with Crippen LogP contribution in [0.3, 0.4) is 0 Å². The molecule has 4 rings (SSSR count). The number of rotatable bonds is 10. The number of hydrogen-bond acceptors (Lipinski definition) is 7. The number of thioether (sulfide) groups is 1. The second-order valence-corrected chi connectivity index (χ2v) is 10.4. The van der Waals surface area contributed by atoms with Gasteiger partial charge in [0.05, 0.1) is 25.1 Å². The van der Waals surface area contributed by atoms with Crippen LogP contribution in [0.2, 0.25) is 0 Å². The third kappa shape index (κ3) is 5.58. The van der Waals surface area contributed by atoms with Crippen molar-refractivity contribution >= 4 is 39.3 Å². The zero-order valence-corrected chi connectivity index (χ0v) is 23.0. The Hall–Kier alpha value is -3.14. The lowest BCUT2D eigenvalue weighted by atomic mass is 10.1. The number of esters is 1. The van der Waals surface area contributed by atoms with Crippen molar-refractivity contribution in [3.8, 4) is 10.4 Å². The molecule has 0 saturated carbocycles. The van der Waals surface area contributed by atoms with Crippen molar-refractivity contribution in [3.63, 3.8) is 0 Å². The molecule has 0 unspecified atom stereocenters. The maximum atomic E-state index is 13.7. The number of aromatic nitrogens is 2. The molecule has 0 bridgehead atoms. The molecule has 37 heavy (non-hydrogen) atoms. The lowest BCUT2D eigenvalue weighted by Crippen LogP contribution is -2.42. The Morgan fingerprint density at radius 1 is 1.05 bits per heavy atom. The molecular formula is C28H30N2O5S2. The van der Waals surface area contributed by atoms with Gasteiger partial charge in [-0.2, -0.15) is 0 Å². The monoisotopic (exact) mass is 538 g/mol. The van der Waals surface area contributed by atoms with Crippen LogP contribution in [0, 0.1) is 6.92 Å². The van der Waals surface area contributed by atoms with Crippen LogP contribution in [-0.2, 0) is 33.8 Å². The number of ether oxygens (including phenoxy) is 2. The second-order valence-electron chi connectivity index (χ2n) is 8.55. The smallest absolute Gasteiger partial charge is 0.332 e. The molecule has 2 aromatic heterocycles. The molecule has 0 radical (unpaired) electrons. The van der Waals surface area contributed by atoms with E-state index in [0.29, 0.717) is 16.8 Å². The fourth-order valence-corrected chi connectivity index (χ4v) is 6.24. The highest BCUT2D eigenvalue weighted by atomic mass is 32.2. The topological polar surface area (TPSA) is 79.5 Å².